The molecule has 4 heteroatoms. The van der Waals surface area contributed by atoms with Gasteiger partial charge in [0.25, 0.3) is 0 Å². The Morgan fingerprint density at radius 1 is 1.35 bits per heavy atom. The lowest BCUT2D eigenvalue weighted by molar-refractivity contribution is 0.170. The van der Waals surface area contributed by atoms with Crippen LogP contribution in [-0.2, 0) is 4.74 Å². The average molecular weight is 281 g/mol. The van der Waals surface area contributed by atoms with Crippen LogP contribution in [0.3, 0.4) is 0 Å². The maximum absolute atomic E-state index is 13.7. The summed E-state index contributed by atoms with van der Waals surface area (Å²) in [7, 11) is 3.22. The summed E-state index contributed by atoms with van der Waals surface area (Å²) >= 11 is 0. The van der Waals surface area contributed by atoms with Crippen LogP contribution in [0.1, 0.15) is 37.8 Å². The van der Waals surface area contributed by atoms with Gasteiger partial charge >= 0.3 is 0 Å². The minimum absolute atomic E-state index is 0.135. The highest BCUT2D eigenvalue weighted by atomic mass is 19.1. The summed E-state index contributed by atoms with van der Waals surface area (Å²) < 4.78 is 23.8. The van der Waals surface area contributed by atoms with Gasteiger partial charge in [0.1, 0.15) is 0 Å². The summed E-state index contributed by atoms with van der Waals surface area (Å²) in [6, 6.07) is 5.27. The third-order valence-corrected chi connectivity index (χ3v) is 4.25. The maximum atomic E-state index is 13.7. The minimum atomic E-state index is -0.306. The second kappa shape index (κ2) is 6.55. The van der Waals surface area contributed by atoms with Crippen LogP contribution in [0.2, 0.25) is 0 Å². The van der Waals surface area contributed by atoms with E-state index < -0.39 is 0 Å². The topological polar surface area (TPSA) is 30.5 Å². The highest BCUT2D eigenvalue weighted by molar-refractivity contribution is 5.30. The highest BCUT2D eigenvalue weighted by Gasteiger charge is 2.41. The number of hydrogen-bond donors (Lipinski definition) is 1. The second-order valence-electron chi connectivity index (χ2n) is 5.74. The van der Waals surface area contributed by atoms with Gasteiger partial charge in [-0.1, -0.05) is 6.07 Å². The summed E-state index contributed by atoms with van der Waals surface area (Å²) in [5, 5.41) is 3.51. The van der Waals surface area contributed by atoms with E-state index in [1.165, 1.54) is 20.0 Å². The zero-order valence-electron chi connectivity index (χ0n) is 12.5. The number of ether oxygens (including phenoxy) is 2. The predicted molar refractivity (Wildman–Crippen MR) is 77.5 cm³/mol. The van der Waals surface area contributed by atoms with Crippen molar-refractivity contribution in [3.63, 3.8) is 0 Å². The van der Waals surface area contributed by atoms with E-state index in [1.54, 1.807) is 19.2 Å². The molecule has 1 N–H and O–H groups in total. The fourth-order valence-corrected chi connectivity index (χ4v) is 2.45. The molecule has 112 valence electrons. The standard InChI is InChI=1S/C16H24FNO2/c1-12(13-4-5-15(20-3)14(17)10-13)18-11-16(6-7-16)8-9-19-2/h4-5,10,12,18H,6-9,11H2,1-3H3. The Morgan fingerprint density at radius 2 is 2.10 bits per heavy atom. The summed E-state index contributed by atoms with van der Waals surface area (Å²) in [6.07, 6.45) is 3.61. The van der Waals surface area contributed by atoms with Crippen molar-refractivity contribution < 1.29 is 13.9 Å². The lowest BCUT2D eigenvalue weighted by atomic mass is 10.0. The smallest absolute Gasteiger partial charge is 0.165 e. The summed E-state index contributed by atoms with van der Waals surface area (Å²) in [5.41, 5.74) is 1.35. The molecule has 1 aromatic carbocycles. The molecule has 0 radical (unpaired) electrons. The molecular formula is C16H24FNO2. The van der Waals surface area contributed by atoms with Crippen molar-refractivity contribution in [2.24, 2.45) is 5.41 Å². The normalized spacial score (nSPS) is 17.8. The molecule has 0 amide bonds. The van der Waals surface area contributed by atoms with Gasteiger partial charge in [0.15, 0.2) is 11.6 Å². The van der Waals surface area contributed by atoms with Gasteiger partial charge in [-0.3, -0.25) is 0 Å². The third-order valence-electron chi connectivity index (χ3n) is 4.25. The number of halogens is 1. The van der Waals surface area contributed by atoms with Crippen LogP contribution in [0.5, 0.6) is 5.75 Å². The van der Waals surface area contributed by atoms with Crippen LogP contribution in [0.15, 0.2) is 18.2 Å². The lowest BCUT2D eigenvalue weighted by Gasteiger charge is -2.20. The van der Waals surface area contributed by atoms with Crippen molar-refractivity contribution in [3.05, 3.63) is 29.6 Å². The quantitative estimate of drug-likeness (QED) is 0.793. The molecule has 1 unspecified atom stereocenters. The molecule has 1 aliphatic rings. The zero-order chi connectivity index (χ0) is 14.6. The fraction of sp³-hybridized carbons (Fsp3) is 0.625. The molecule has 0 aromatic heterocycles. The van der Waals surface area contributed by atoms with Gasteiger partial charge in [-0.2, -0.15) is 0 Å². The number of methoxy groups -OCH3 is 2. The lowest BCUT2D eigenvalue weighted by Crippen LogP contribution is -2.27. The van der Waals surface area contributed by atoms with Gasteiger partial charge in [0.2, 0.25) is 0 Å². The molecule has 0 aliphatic heterocycles. The Balaban J connectivity index is 1.88. The van der Waals surface area contributed by atoms with E-state index in [4.69, 9.17) is 9.47 Å². The maximum Gasteiger partial charge on any atom is 0.165 e. The molecule has 1 aliphatic carbocycles. The Morgan fingerprint density at radius 3 is 2.65 bits per heavy atom. The third kappa shape index (κ3) is 3.70. The number of rotatable bonds is 8. The molecule has 0 bridgehead atoms. The van der Waals surface area contributed by atoms with Crippen LogP contribution in [-0.4, -0.2) is 27.4 Å². The Labute approximate surface area is 120 Å². The van der Waals surface area contributed by atoms with Crippen molar-refractivity contribution in [2.75, 3.05) is 27.4 Å². The molecule has 20 heavy (non-hydrogen) atoms. The van der Waals surface area contributed by atoms with Gasteiger partial charge in [0.05, 0.1) is 7.11 Å². The van der Waals surface area contributed by atoms with Crippen LogP contribution in [0.25, 0.3) is 0 Å². The molecule has 2 rings (SSSR count). The molecule has 3 nitrogen and oxygen atoms in total. The number of hydrogen-bond acceptors (Lipinski definition) is 3. The number of benzene rings is 1. The number of nitrogens with one attached hydrogen (secondary N) is 1. The van der Waals surface area contributed by atoms with Gasteiger partial charge in [-0.25, -0.2) is 4.39 Å². The largest absolute Gasteiger partial charge is 0.494 e. The molecular weight excluding hydrogens is 257 g/mol. The first-order chi connectivity index (χ1) is 9.60. The Hall–Kier alpha value is -1.13. The second-order valence-corrected chi connectivity index (χ2v) is 5.74. The van der Waals surface area contributed by atoms with Crippen LogP contribution >= 0.6 is 0 Å². The van der Waals surface area contributed by atoms with E-state index in [1.807, 2.05) is 6.07 Å². The highest BCUT2D eigenvalue weighted by Crippen LogP contribution is 2.48. The van der Waals surface area contributed by atoms with Crippen molar-refractivity contribution in [2.45, 2.75) is 32.2 Å². The van der Waals surface area contributed by atoms with E-state index in [2.05, 4.69) is 12.2 Å². The minimum Gasteiger partial charge on any atom is -0.494 e. The first-order valence-corrected chi connectivity index (χ1v) is 7.16. The molecule has 0 saturated heterocycles. The van der Waals surface area contributed by atoms with Crippen LogP contribution in [0.4, 0.5) is 4.39 Å². The van der Waals surface area contributed by atoms with Crippen molar-refractivity contribution in [1.82, 2.24) is 5.32 Å². The van der Waals surface area contributed by atoms with E-state index in [9.17, 15) is 4.39 Å². The van der Waals surface area contributed by atoms with Crippen molar-refractivity contribution >= 4 is 0 Å². The predicted octanol–water partition coefficient (Wildman–Crippen LogP) is 3.30. The monoisotopic (exact) mass is 281 g/mol. The first kappa shape index (κ1) is 15.3. The molecule has 1 fully saturated rings. The summed E-state index contributed by atoms with van der Waals surface area (Å²) in [4.78, 5) is 0. The summed E-state index contributed by atoms with van der Waals surface area (Å²) in [5.74, 6) is -0.0149. The van der Waals surface area contributed by atoms with Gasteiger partial charge < -0.3 is 14.8 Å². The molecule has 1 atom stereocenters. The average Bonchev–Trinajstić information content (AvgIpc) is 3.23. The van der Waals surface area contributed by atoms with Crippen LogP contribution in [0, 0.1) is 11.2 Å². The molecule has 0 heterocycles. The zero-order valence-corrected chi connectivity index (χ0v) is 12.5. The molecule has 1 aromatic rings. The first-order valence-electron chi connectivity index (χ1n) is 7.16. The van der Waals surface area contributed by atoms with E-state index in [-0.39, 0.29) is 11.9 Å². The van der Waals surface area contributed by atoms with Crippen molar-refractivity contribution in [3.8, 4) is 5.75 Å². The molecule has 0 spiro atoms. The Bertz CT molecular complexity index is 446. The van der Waals surface area contributed by atoms with Gasteiger partial charge in [-0.15, -0.1) is 0 Å². The van der Waals surface area contributed by atoms with E-state index >= 15 is 0 Å². The van der Waals surface area contributed by atoms with Crippen LogP contribution < -0.4 is 10.1 Å². The fourth-order valence-electron chi connectivity index (χ4n) is 2.45. The van der Waals surface area contributed by atoms with Gasteiger partial charge in [-0.05, 0) is 49.3 Å². The SMILES string of the molecule is COCCC1(CNC(C)c2ccc(OC)c(F)c2)CC1. The van der Waals surface area contributed by atoms with E-state index in [0.29, 0.717) is 11.2 Å². The van der Waals surface area contributed by atoms with Gasteiger partial charge in [0, 0.05) is 26.3 Å². The summed E-state index contributed by atoms with van der Waals surface area (Å²) in [6.45, 7) is 3.84. The van der Waals surface area contributed by atoms with E-state index in [0.717, 1.165) is 25.1 Å². The van der Waals surface area contributed by atoms with Crippen molar-refractivity contribution in [1.29, 1.82) is 0 Å². The Kier molecular flexibility index (Phi) is 5.00. The molecule has 1 saturated carbocycles.